The minimum Gasteiger partial charge on any atom is -0.237 e. The van der Waals surface area contributed by atoms with Crippen LogP contribution in [-0.2, 0) is 0 Å². The van der Waals surface area contributed by atoms with Crippen molar-refractivity contribution in [3.8, 4) is 0 Å². The smallest absolute Gasteiger partial charge is 0.163 e. The van der Waals surface area contributed by atoms with Gasteiger partial charge in [0.1, 0.15) is 5.82 Å². The Labute approximate surface area is 102 Å². The summed E-state index contributed by atoms with van der Waals surface area (Å²) in [7, 11) is 0. The van der Waals surface area contributed by atoms with Crippen molar-refractivity contribution in [3.05, 3.63) is 29.3 Å². The van der Waals surface area contributed by atoms with Crippen LogP contribution in [0.2, 0.25) is 0 Å². The summed E-state index contributed by atoms with van der Waals surface area (Å²) in [6.45, 7) is 10.5. The summed E-state index contributed by atoms with van der Waals surface area (Å²) < 4.78 is 0. The highest BCUT2D eigenvalue weighted by atomic mass is 14.9. The Kier molecular flexibility index (Phi) is 3.09. The molecule has 0 bridgehead atoms. The molecule has 0 aliphatic rings. The minimum absolute atomic E-state index is 0.394. The fourth-order valence-corrected chi connectivity index (χ4v) is 1.92. The molecule has 2 rings (SSSR count). The highest BCUT2D eigenvalue weighted by Gasteiger charge is 2.11. The number of aromatic nitrogens is 3. The van der Waals surface area contributed by atoms with Crippen LogP contribution in [0.5, 0.6) is 0 Å². The highest BCUT2D eigenvalue weighted by Crippen LogP contribution is 2.23. The van der Waals surface area contributed by atoms with E-state index in [4.69, 9.17) is 0 Å². The van der Waals surface area contributed by atoms with Gasteiger partial charge in [0.25, 0.3) is 0 Å². The lowest BCUT2D eigenvalue weighted by molar-refractivity contribution is 0.805. The van der Waals surface area contributed by atoms with Gasteiger partial charge in [0.15, 0.2) is 5.65 Å². The van der Waals surface area contributed by atoms with E-state index in [1.807, 2.05) is 6.92 Å². The van der Waals surface area contributed by atoms with Gasteiger partial charge in [-0.1, -0.05) is 27.7 Å². The van der Waals surface area contributed by atoms with Gasteiger partial charge in [-0.25, -0.2) is 15.0 Å². The molecular formula is C14H19N3. The zero-order valence-corrected chi connectivity index (χ0v) is 11.2. The molecule has 0 amide bonds. The molecule has 2 aromatic rings. The second-order valence-corrected chi connectivity index (χ2v) is 5.07. The quantitative estimate of drug-likeness (QED) is 0.790. The normalized spacial score (nSPS) is 11.7. The molecule has 0 unspecified atom stereocenters. The molecule has 17 heavy (non-hydrogen) atoms. The topological polar surface area (TPSA) is 38.7 Å². The van der Waals surface area contributed by atoms with Crippen LogP contribution >= 0.6 is 0 Å². The Hall–Kier alpha value is -1.51. The monoisotopic (exact) mass is 229 g/mol. The molecule has 2 aromatic heterocycles. The van der Waals surface area contributed by atoms with Crippen LogP contribution in [0.1, 0.15) is 56.7 Å². The molecule has 90 valence electrons. The van der Waals surface area contributed by atoms with Crippen LogP contribution in [0.15, 0.2) is 12.1 Å². The molecule has 0 spiro atoms. The first-order valence-corrected chi connectivity index (χ1v) is 6.14. The number of rotatable bonds is 2. The average molecular weight is 229 g/mol. The summed E-state index contributed by atoms with van der Waals surface area (Å²) in [4.78, 5) is 13.6. The fraction of sp³-hybridized carbons (Fsp3) is 0.500. The zero-order chi connectivity index (χ0) is 12.6. The lowest BCUT2D eigenvalue weighted by atomic mass is 10.0. The van der Waals surface area contributed by atoms with Crippen molar-refractivity contribution in [2.45, 2.75) is 46.5 Å². The molecular weight excluding hydrogens is 210 g/mol. The number of hydrogen-bond donors (Lipinski definition) is 0. The van der Waals surface area contributed by atoms with E-state index in [2.05, 4.69) is 54.8 Å². The zero-order valence-electron chi connectivity index (χ0n) is 11.2. The molecule has 3 heteroatoms. The van der Waals surface area contributed by atoms with E-state index in [1.165, 1.54) is 0 Å². The van der Waals surface area contributed by atoms with Crippen LogP contribution in [0.25, 0.3) is 11.0 Å². The number of aryl methyl sites for hydroxylation is 1. The third-order valence-corrected chi connectivity index (χ3v) is 2.86. The van der Waals surface area contributed by atoms with Gasteiger partial charge in [-0.3, -0.25) is 0 Å². The maximum Gasteiger partial charge on any atom is 0.163 e. The SMILES string of the molecule is Cc1nc(C(C)C)c2ccc(C(C)C)nc2n1. The first-order chi connectivity index (χ1) is 7.99. The second kappa shape index (κ2) is 4.40. The van der Waals surface area contributed by atoms with E-state index in [1.54, 1.807) is 0 Å². The average Bonchev–Trinajstić information content (AvgIpc) is 2.26. The van der Waals surface area contributed by atoms with Crippen LogP contribution in [-0.4, -0.2) is 15.0 Å². The molecule has 0 aliphatic heterocycles. The standard InChI is InChI=1S/C14H19N3/c1-8(2)12-7-6-11-13(9(3)4)15-10(5)16-14(11)17-12/h6-9H,1-5H3. The summed E-state index contributed by atoms with van der Waals surface area (Å²) in [5.74, 6) is 1.62. The van der Waals surface area contributed by atoms with Gasteiger partial charge in [0.05, 0.1) is 5.69 Å². The first-order valence-electron chi connectivity index (χ1n) is 6.14. The predicted octanol–water partition coefficient (Wildman–Crippen LogP) is 3.58. The van der Waals surface area contributed by atoms with Gasteiger partial charge in [-0.15, -0.1) is 0 Å². The van der Waals surface area contributed by atoms with Crippen LogP contribution < -0.4 is 0 Å². The molecule has 2 heterocycles. The highest BCUT2D eigenvalue weighted by molar-refractivity contribution is 5.78. The Balaban J connectivity index is 2.71. The molecule has 0 aromatic carbocycles. The van der Waals surface area contributed by atoms with Crippen LogP contribution in [0.3, 0.4) is 0 Å². The summed E-state index contributed by atoms with van der Waals surface area (Å²) in [5, 5.41) is 1.08. The Morgan fingerprint density at radius 1 is 0.882 bits per heavy atom. The van der Waals surface area contributed by atoms with E-state index < -0.39 is 0 Å². The van der Waals surface area contributed by atoms with E-state index >= 15 is 0 Å². The number of hydrogen-bond acceptors (Lipinski definition) is 3. The van der Waals surface area contributed by atoms with Crippen molar-refractivity contribution in [1.29, 1.82) is 0 Å². The predicted molar refractivity (Wildman–Crippen MR) is 70.2 cm³/mol. The van der Waals surface area contributed by atoms with Gasteiger partial charge >= 0.3 is 0 Å². The molecule has 0 fully saturated rings. The van der Waals surface area contributed by atoms with E-state index in [0.29, 0.717) is 11.8 Å². The molecule has 0 saturated heterocycles. The Bertz CT molecular complexity index is 544. The fourth-order valence-electron chi connectivity index (χ4n) is 1.92. The summed E-state index contributed by atoms with van der Waals surface area (Å²) in [5.41, 5.74) is 3.01. The summed E-state index contributed by atoms with van der Waals surface area (Å²) in [6, 6.07) is 4.18. The first kappa shape index (κ1) is 12.0. The van der Waals surface area contributed by atoms with Crippen molar-refractivity contribution in [2.24, 2.45) is 0 Å². The van der Waals surface area contributed by atoms with Gasteiger partial charge in [0, 0.05) is 11.1 Å². The molecule has 0 atom stereocenters. The molecule has 0 radical (unpaired) electrons. The van der Waals surface area contributed by atoms with E-state index in [0.717, 1.165) is 28.2 Å². The Morgan fingerprint density at radius 2 is 1.59 bits per heavy atom. The maximum atomic E-state index is 4.63. The molecule has 0 N–H and O–H groups in total. The van der Waals surface area contributed by atoms with Crippen molar-refractivity contribution in [2.75, 3.05) is 0 Å². The van der Waals surface area contributed by atoms with Crippen molar-refractivity contribution in [1.82, 2.24) is 15.0 Å². The third-order valence-electron chi connectivity index (χ3n) is 2.86. The lowest BCUT2D eigenvalue weighted by Gasteiger charge is -2.11. The van der Waals surface area contributed by atoms with Crippen LogP contribution in [0.4, 0.5) is 0 Å². The largest absolute Gasteiger partial charge is 0.237 e. The maximum absolute atomic E-state index is 4.63. The number of fused-ring (bicyclic) bond motifs is 1. The summed E-state index contributed by atoms with van der Waals surface area (Å²) in [6.07, 6.45) is 0. The lowest BCUT2D eigenvalue weighted by Crippen LogP contribution is -2.02. The van der Waals surface area contributed by atoms with E-state index in [9.17, 15) is 0 Å². The third kappa shape index (κ3) is 2.28. The van der Waals surface area contributed by atoms with Gasteiger partial charge in [-0.05, 0) is 30.9 Å². The molecule has 3 nitrogen and oxygen atoms in total. The second-order valence-electron chi connectivity index (χ2n) is 5.07. The van der Waals surface area contributed by atoms with Crippen molar-refractivity contribution >= 4 is 11.0 Å². The number of pyridine rings is 1. The Morgan fingerprint density at radius 3 is 2.18 bits per heavy atom. The van der Waals surface area contributed by atoms with Gasteiger partial charge in [-0.2, -0.15) is 0 Å². The number of nitrogens with zero attached hydrogens (tertiary/aromatic N) is 3. The van der Waals surface area contributed by atoms with Crippen molar-refractivity contribution in [3.63, 3.8) is 0 Å². The molecule has 0 saturated carbocycles. The van der Waals surface area contributed by atoms with E-state index in [-0.39, 0.29) is 0 Å². The molecule has 0 aliphatic carbocycles. The van der Waals surface area contributed by atoms with Gasteiger partial charge < -0.3 is 0 Å². The van der Waals surface area contributed by atoms with Crippen molar-refractivity contribution < 1.29 is 0 Å². The minimum atomic E-state index is 0.394. The summed E-state index contributed by atoms with van der Waals surface area (Å²) >= 11 is 0. The van der Waals surface area contributed by atoms with Gasteiger partial charge in [0.2, 0.25) is 0 Å². The van der Waals surface area contributed by atoms with Crippen LogP contribution in [0, 0.1) is 6.92 Å².